The zero-order valence-electron chi connectivity index (χ0n) is 8.12. The molecule has 0 heterocycles. The van der Waals surface area contributed by atoms with Gasteiger partial charge >= 0.3 is 0 Å². The quantitative estimate of drug-likeness (QED) is 0.728. The third-order valence-electron chi connectivity index (χ3n) is 1.69. The Morgan fingerprint density at radius 1 is 1.31 bits per heavy atom. The second kappa shape index (κ2) is 4.97. The maximum absolute atomic E-state index is 5.79. The van der Waals surface area contributed by atoms with Crippen molar-refractivity contribution in [3.63, 3.8) is 0 Å². The van der Waals surface area contributed by atoms with E-state index < -0.39 is 6.85 Å². The van der Waals surface area contributed by atoms with E-state index in [-0.39, 0.29) is 0 Å². The summed E-state index contributed by atoms with van der Waals surface area (Å²) >= 11 is 3.56. The number of hydrogen-bond donors (Lipinski definition) is 0. The van der Waals surface area contributed by atoms with Gasteiger partial charge in [0, 0.05) is 5.66 Å². The van der Waals surface area contributed by atoms with Crippen molar-refractivity contribution in [1.29, 1.82) is 0 Å². The topological polar surface area (TPSA) is 9.23 Å². The molecule has 0 amide bonds. The minimum absolute atomic E-state index is 0.520. The van der Waals surface area contributed by atoms with Crippen LogP contribution in [0.15, 0.2) is 24.3 Å². The summed E-state index contributed by atoms with van der Waals surface area (Å²) in [7, 11) is 0. The Morgan fingerprint density at radius 3 is 2.46 bits per heavy atom. The molecule has 1 unspecified atom stereocenters. The first kappa shape index (κ1) is 11.0. The van der Waals surface area contributed by atoms with Crippen LogP contribution in [0, 0.1) is 6.92 Å². The molecule has 1 rings (SSSR count). The smallest absolute Gasteiger partial charge is 0.159 e. The maximum atomic E-state index is 5.79. The molecule has 0 spiro atoms. The third-order valence-corrected chi connectivity index (χ3v) is 5.76. The predicted octanol–water partition coefficient (Wildman–Crippen LogP) is 4.49. The lowest BCUT2D eigenvalue weighted by Gasteiger charge is -2.16. The summed E-state index contributed by atoms with van der Waals surface area (Å²) in [4.78, 5) is 0. The average molecular weight is 261 g/mol. The van der Waals surface area contributed by atoms with Crippen LogP contribution in [0.2, 0.25) is 0 Å². The molecule has 1 aromatic carbocycles. The molecule has 0 aliphatic heterocycles. The van der Waals surface area contributed by atoms with Gasteiger partial charge in [-0.3, -0.25) is 0 Å². The largest absolute Gasteiger partial charge is 0.462 e. The van der Waals surface area contributed by atoms with E-state index in [9.17, 15) is 0 Å². The van der Waals surface area contributed by atoms with Gasteiger partial charge in [0.1, 0.15) is 5.75 Å². The number of hydrogen-bond acceptors (Lipinski definition) is 1. The highest BCUT2D eigenvalue weighted by Gasteiger charge is 2.12. The molecule has 0 fully saturated rings. The van der Waals surface area contributed by atoms with Gasteiger partial charge in [0.05, 0.1) is 0 Å². The fourth-order valence-electron chi connectivity index (χ4n) is 0.858. The molecule has 0 radical (unpaired) electrons. The highest BCUT2D eigenvalue weighted by Crippen LogP contribution is 2.50. The second-order valence-electron chi connectivity index (χ2n) is 3.22. The normalized spacial score (nSPS) is 13.0. The minimum atomic E-state index is -0.520. The fourth-order valence-corrected chi connectivity index (χ4v) is 1.93. The van der Waals surface area contributed by atoms with Crippen molar-refractivity contribution < 1.29 is 4.52 Å². The molecule has 0 N–H and O–H groups in total. The van der Waals surface area contributed by atoms with Gasteiger partial charge in [-0.05, 0) is 34.0 Å². The lowest BCUT2D eigenvalue weighted by molar-refractivity contribution is 0.613. The Morgan fingerprint density at radius 2 is 1.92 bits per heavy atom. The first-order chi connectivity index (χ1) is 6.11. The third kappa shape index (κ3) is 3.28. The van der Waals surface area contributed by atoms with Crippen LogP contribution in [-0.4, -0.2) is 5.66 Å². The molecule has 0 aliphatic carbocycles. The van der Waals surface area contributed by atoms with Gasteiger partial charge in [0.2, 0.25) is 0 Å². The van der Waals surface area contributed by atoms with Gasteiger partial charge in [0.25, 0.3) is 0 Å². The summed E-state index contributed by atoms with van der Waals surface area (Å²) < 4.78 is 5.79. The molecular formula is C10H14BrOP. The Hall–Kier alpha value is -0.0700. The molecule has 0 saturated heterocycles. The zero-order chi connectivity index (χ0) is 9.84. The maximum Gasteiger partial charge on any atom is 0.159 e. The molecule has 0 aromatic heterocycles. The molecule has 0 saturated carbocycles. The molecule has 72 valence electrons. The standard InChI is InChI=1S/C10H14BrOP/c1-8(2)13(11)12-10-7-5-4-6-9(10)3/h4-8H,1-3H3. The van der Waals surface area contributed by atoms with E-state index >= 15 is 0 Å². The van der Waals surface area contributed by atoms with E-state index in [1.807, 2.05) is 18.2 Å². The highest BCUT2D eigenvalue weighted by atomic mass is 79.9. The van der Waals surface area contributed by atoms with Crippen LogP contribution in [0.1, 0.15) is 19.4 Å². The van der Waals surface area contributed by atoms with E-state index in [0.717, 1.165) is 5.75 Å². The van der Waals surface area contributed by atoms with Crippen molar-refractivity contribution in [3.8, 4) is 5.75 Å². The van der Waals surface area contributed by atoms with Crippen LogP contribution in [-0.2, 0) is 0 Å². The Balaban J connectivity index is 2.69. The minimum Gasteiger partial charge on any atom is -0.462 e. The first-order valence-electron chi connectivity index (χ1n) is 4.30. The first-order valence-corrected chi connectivity index (χ1v) is 7.64. The molecule has 0 aliphatic rings. The highest BCUT2D eigenvalue weighted by molar-refractivity contribution is 9.39. The SMILES string of the molecule is Cc1ccccc1OP(Br)C(C)C. The fraction of sp³-hybridized carbons (Fsp3) is 0.400. The van der Waals surface area contributed by atoms with E-state index in [0.29, 0.717) is 5.66 Å². The van der Waals surface area contributed by atoms with Crippen LogP contribution in [0.4, 0.5) is 0 Å². The predicted molar refractivity (Wildman–Crippen MR) is 62.8 cm³/mol. The molecular weight excluding hydrogens is 247 g/mol. The number of para-hydroxylation sites is 1. The molecule has 1 nitrogen and oxygen atoms in total. The van der Waals surface area contributed by atoms with E-state index in [4.69, 9.17) is 4.52 Å². The van der Waals surface area contributed by atoms with Crippen molar-refractivity contribution >= 4 is 22.3 Å². The van der Waals surface area contributed by atoms with Gasteiger partial charge < -0.3 is 4.52 Å². The lowest BCUT2D eigenvalue weighted by Crippen LogP contribution is -1.94. The number of benzene rings is 1. The molecule has 13 heavy (non-hydrogen) atoms. The van der Waals surface area contributed by atoms with Crippen LogP contribution in [0.5, 0.6) is 5.75 Å². The summed E-state index contributed by atoms with van der Waals surface area (Å²) in [6.07, 6.45) is 0. The second-order valence-corrected chi connectivity index (χ2v) is 7.08. The van der Waals surface area contributed by atoms with Gasteiger partial charge in [0.15, 0.2) is 6.85 Å². The number of aryl methyl sites for hydroxylation is 1. The summed E-state index contributed by atoms with van der Waals surface area (Å²) in [6, 6.07) is 8.09. The van der Waals surface area contributed by atoms with Crippen molar-refractivity contribution in [2.45, 2.75) is 26.4 Å². The summed E-state index contributed by atoms with van der Waals surface area (Å²) in [6.45, 7) is 5.84. The average Bonchev–Trinajstić information content (AvgIpc) is 2.08. The summed E-state index contributed by atoms with van der Waals surface area (Å²) in [5, 5.41) is 0. The molecule has 3 heteroatoms. The Labute approximate surface area is 89.1 Å². The van der Waals surface area contributed by atoms with Crippen molar-refractivity contribution in [1.82, 2.24) is 0 Å². The lowest BCUT2D eigenvalue weighted by atomic mass is 10.2. The van der Waals surface area contributed by atoms with Crippen LogP contribution < -0.4 is 4.52 Å². The molecule has 1 aromatic rings. The van der Waals surface area contributed by atoms with Crippen molar-refractivity contribution in [3.05, 3.63) is 29.8 Å². The summed E-state index contributed by atoms with van der Waals surface area (Å²) in [5.74, 6) is 0.985. The van der Waals surface area contributed by atoms with Gasteiger partial charge in [-0.2, -0.15) is 0 Å². The van der Waals surface area contributed by atoms with Crippen molar-refractivity contribution in [2.24, 2.45) is 0 Å². The van der Waals surface area contributed by atoms with E-state index in [1.54, 1.807) is 0 Å². The number of rotatable bonds is 3. The summed E-state index contributed by atoms with van der Waals surface area (Å²) in [5.41, 5.74) is 1.73. The molecule has 1 atom stereocenters. The van der Waals surface area contributed by atoms with Crippen LogP contribution in [0.3, 0.4) is 0 Å². The zero-order valence-corrected chi connectivity index (χ0v) is 10.6. The van der Waals surface area contributed by atoms with E-state index in [1.165, 1.54) is 5.56 Å². The van der Waals surface area contributed by atoms with Gasteiger partial charge in [-0.1, -0.05) is 32.0 Å². The Kier molecular flexibility index (Phi) is 4.21. The van der Waals surface area contributed by atoms with Gasteiger partial charge in [-0.25, -0.2) is 0 Å². The molecule has 0 bridgehead atoms. The van der Waals surface area contributed by atoms with Crippen LogP contribution >= 0.6 is 22.3 Å². The Bertz CT molecular complexity index is 275. The number of halogens is 1. The van der Waals surface area contributed by atoms with Crippen LogP contribution in [0.25, 0.3) is 0 Å². The monoisotopic (exact) mass is 260 g/mol. The van der Waals surface area contributed by atoms with Gasteiger partial charge in [-0.15, -0.1) is 0 Å². The van der Waals surface area contributed by atoms with E-state index in [2.05, 4.69) is 42.3 Å². The van der Waals surface area contributed by atoms with Crippen molar-refractivity contribution in [2.75, 3.05) is 0 Å².